The summed E-state index contributed by atoms with van der Waals surface area (Å²) in [7, 11) is 0. The number of hydrogen-bond donors (Lipinski definition) is 1. The summed E-state index contributed by atoms with van der Waals surface area (Å²) in [5.74, 6) is 0. The maximum atomic E-state index is 3.55. The molecule has 4 heteroatoms. The van der Waals surface area contributed by atoms with Crippen molar-refractivity contribution in [2.45, 2.75) is 38.8 Å². The number of thiophene rings is 1. The highest BCUT2D eigenvalue weighted by atomic mass is 79.9. The predicted octanol–water partition coefficient (Wildman–Crippen LogP) is 3.47. The molecule has 0 atom stereocenters. The third-order valence-electron chi connectivity index (χ3n) is 3.34. The fourth-order valence-corrected chi connectivity index (χ4v) is 3.71. The molecule has 2 nitrogen and oxygen atoms in total. The van der Waals surface area contributed by atoms with Crippen molar-refractivity contribution in [2.24, 2.45) is 0 Å². The summed E-state index contributed by atoms with van der Waals surface area (Å²) in [5.41, 5.74) is 1.45. The molecule has 1 N–H and O–H groups in total. The molecule has 0 aromatic carbocycles. The quantitative estimate of drug-likeness (QED) is 0.894. The second kappa shape index (κ2) is 6.88. The highest BCUT2D eigenvalue weighted by Crippen LogP contribution is 2.23. The Kier molecular flexibility index (Phi) is 5.48. The van der Waals surface area contributed by atoms with E-state index in [1.807, 2.05) is 0 Å². The van der Waals surface area contributed by atoms with Gasteiger partial charge in [-0.3, -0.25) is 4.90 Å². The van der Waals surface area contributed by atoms with Crippen LogP contribution in [-0.2, 0) is 6.54 Å². The number of hydrogen-bond acceptors (Lipinski definition) is 3. The number of nitrogens with zero attached hydrogens (tertiary/aromatic N) is 1. The average Bonchev–Trinajstić information content (AvgIpc) is 2.75. The van der Waals surface area contributed by atoms with E-state index in [0.717, 1.165) is 12.6 Å². The van der Waals surface area contributed by atoms with Gasteiger partial charge in [0.2, 0.25) is 0 Å². The van der Waals surface area contributed by atoms with Crippen molar-refractivity contribution in [2.75, 3.05) is 19.6 Å². The number of nitrogens with one attached hydrogen (secondary N) is 1. The number of halogens is 1. The summed E-state index contributed by atoms with van der Waals surface area (Å²) in [6.45, 7) is 6.97. The van der Waals surface area contributed by atoms with Crippen molar-refractivity contribution in [3.63, 3.8) is 0 Å². The Balaban J connectivity index is 1.95. The summed E-state index contributed by atoms with van der Waals surface area (Å²) in [6.07, 6.45) is 3.84. The van der Waals surface area contributed by atoms with Gasteiger partial charge in [0.05, 0.1) is 3.79 Å². The number of piperidine rings is 1. The molecule has 1 aliphatic heterocycles. The first-order valence-corrected chi connectivity index (χ1v) is 8.14. The van der Waals surface area contributed by atoms with E-state index < -0.39 is 0 Å². The highest BCUT2D eigenvalue weighted by molar-refractivity contribution is 9.11. The van der Waals surface area contributed by atoms with Crippen LogP contribution in [0.5, 0.6) is 0 Å². The predicted molar refractivity (Wildman–Crippen MR) is 78.6 cm³/mol. The molecule has 96 valence electrons. The second-order valence-corrected chi connectivity index (χ2v) is 7.00. The Hall–Kier alpha value is 0.1000. The Morgan fingerprint density at radius 1 is 1.47 bits per heavy atom. The molecular weight excluding hydrogens is 296 g/mol. The van der Waals surface area contributed by atoms with Crippen LogP contribution in [0, 0.1) is 0 Å². The van der Waals surface area contributed by atoms with Crippen molar-refractivity contribution in [3.8, 4) is 0 Å². The summed E-state index contributed by atoms with van der Waals surface area (Å²) in [5, 5.41) is 5.72. The van der Waals surface area contributed by atoms with Gasteiger partial charge in [0.15, 0.2) is 0 Å². The molecule has 2 rings (SSSR count). The molecule has 1 saturated heterocycles. The molecule has 1 aromatic rings. The lowest BCUT2D eigenvalue weighted by Gasteiger charge is -2.34. The van der Waals surface area contributed by atoms with Crippen molar-refractivity contribution in [1.82, 2.24) is 10.2 Å². The zero-order chi connectivity index (χ0) is 12.1. The summed E-state index contributed by atoms with van der Waals surface area (Å²) in [4.78, 5) is 2.66. The average molecular weight is 317 g/mol. The summed E-state index contributed by atoms with van der Waals surface area (Å²) >= 11 is 5.34. The third kappa shape index (κ3) is 4.05. The Labute approximate surface area is 117 Å². The molecule has 1 aliphatic rings. The maximum Gasteiger partial charge on any atom is 0.0701 e. The Bertz CT molecular complexity index is 334. The van der Waals surface area contributed by atoms with Gasteiger partial charge in [-0.15, -0.1) is 11.3 Å². The Morgan fingerprint density at radius 2 is 2.24 bits per heavy atom. The monoisotopic (exact) mass is 316 g/mol. The van der Waals surface area contributed by atoms with Crippen molar-refractivity contribution in [3.05, 3.63) is 20.8 Å². The van der Waals surface area contributed by atoms with Crippen LogP contribution in [0.1, 0.15) is 31.7 Å². The smallest absolute Gasteiger partial charge is 0.0701 e. The lowest BCUT2D eigenvalue weighted by atomic mass is 10.0. The summed E-state index contributed by atoms with van der Waals surface area (Å²) < 4.78 is 1.24. The first kappa shape index (κ1) is 13.5. The van der Waals surface area contributed by atoms with Crippen molar-refractivity contribution >= 4 is 27.3 Å². The van der Waals surface area contributed by atoms with Crippen LogP contribution in [0.4, 0.5) is 0 Å². The van der Waals surface area contributed by atoms with E-state index in [1.54, 1.807) is 11.3 Å². The standard InChI is InChI=1S/C13H21BrN2S/c1-2-7-16(12-3-5-15-6-4-12)9-11-8-13(14)17-10-11/h8,10,12,15H,2-7,9H2,1H3. The van der Waals surface area contributed by atoms with Gasteiger partial charge in [-0.1, -0.05) is 6.92 Å². The molecule has 2 heterocycles. The molecule has 0 aliphatic carbocycles. The number of rotatable bonds is 5. The van der Waals surface area contributed by atoms with Gasteiger partial charge in [0.25, 0.3) is 0 Å². The lowest BCUT2D eigenvalue weighted by Crippen LogP contribution is -2.43. The van der Waals surface area contributed by atoms with E-state index in [2.05, 4.69) is 44.5 Å². The zero-order valence-corrected chi connectivity index (χ0v) is 12.8. The van der Waals surface area contributed by atoms with Crippen LogP contribution in [0.2, 0.25) is 0 Å². The van der Waals surface area contributed by atoms with Gasteiger partial charge in [-0.25, -0.2) is 0 Å². The molecule has 0 amide bonds. The van der Waals surface area contributed by atoms with Gasteiger partial charge in [-0.05, 0) is 71.8 Å². The van der Waals surface area contributed by atoms with E-state index in [9.17, 15) is 0 Å². The minimum atomic E-state index is 0.773. The fourth-order valence-electron chi connectivity index (χ4n) is 2.51. The SMILES string of the molecule is CCCN(Cc1csc(Br)c1)C1CCNCC1. The van der Waals surface area contributed by atoms with Crippen molar-refractivity contribution < 1.29 is 0 Å². The molecule has 0 saturated carbocycles. The third-order valence-corrected chi connectivity index (χ3v) is 4.90. The first-order valence-electron chi connectivity index (χ1n) is 6.47. The van der Waals surface area contributed by atoms with E-state index in [4.69, 9.17) is 0 Å². The lowest BCUT2D eigenvalue weighted by molar-refractivity contribution is 0.154. The van der Waals surface area contributed by atoms with Gasteiger partial charge >= 0.3 is 0 Å². The molecule has 17 heavy (non-hydrogen) atoms. The minimum absolute atomic E-state index is 0.773. The Morgan fingerprint density at radius 3 is 2.82 bits per heavy atom. The second-order valence-electron chi connectivity index (χ2n) is 4.71. The minimum Gasteiger partial charge on any atom is -0.317 e. The van der Waals surface area contributed by atoms with Crippen LogP contribution in [0.15, 0.2) is 15.2 Å². The van der Waals surface area contributed by atoms with Gasteiger partial charge in [0, 0.05) is 12.6 Å². The van der Waals surface area contributed by atoms with Gasteiger partial charge < -0.3 is 5.32 Å². The maximum absolute atomic E-state index is 3.55. The zero-order valence-electron chi connectivity index (χ0n) is 10.4. The molecule has 0 unspecified atom stereocenters. The van der Waals surface area contributed by atoms with Crippen LogP contribution >= 0.6 is 27.3 Å². The summed E-state index contributed by atoms with van der Waals surface area (Å²) in [6, 6.07) is 3.03. The van der Waals surface area contributed by atoms with Crippen LogP contribution < -0.4 is 5.32 Å². The highest BCUT2D eigenvalue weighted by Gasteiger charge is 2.20. The van der Waals surface area contributed by atoms with Gasteiger partial charge in [0.1, 0.15) is 0 Å². The van der Waals surface area contributed by atoms with E-state index in [1.165, 1.54) is 48.2 Å². The fraction of sp³-hybridized carbons (Fsp3) is 0.692. The van der Waals surface area contributed by atoms with Gasteiger partial charge in [-0.2, -0.15) is 0 Å². The largest absolute Gasteiger partial charge is 0.317 e. The molecule has 1 fully saturated rings. The van der Waals surface area contributed by atoms with E-state index in [-0.39, 0.29) is 0 Å². The molecule has 1 aromatic heterocycles. The van der Waals surface area contributed by atoms with Crippen LogP contribution in [0.25, 0.3) is 0 Å². The van der Waals surface area contributed by atoms with Crippen LogP contribution in [-0.4, -0.2) is 30.6 Å². The van der Waals surface area contributed by atoms with Crippen molar-refractivity contribution in [1.29, 1.82) is 0 Å². The topological polar surface area (TPSA) is 15.3 Å². The molecular formula is C13H21BrN2S. The molecule has 0 bridgehead atoms. The normalized spacial score (nSPS) is 17.8. The van der Waals surface area contributed by atoms with E-state index >= 15 is 0 Å². The first-order chi connectivity index (χ1) is 8.29. The molecule has 0 spiro atoms. The molecule has 0 radical (unpaired) electrons. The van der Waals surface area contributed by atoms with Crippen LogP contribution in [0.3, 0.4) is 0 Å². The van der Waals surface area contributed by atoms with E-state index in [0.29, 0.717) is 0 Å².